The fourth-order valence-corrected chi connectivity index (χ4v) is 4.60. The molecule has 24 heavy (non-hydrogen) atoms. The Kier molecular flexibility index (Phi) is 4.86. The van der Waals surface area contributed by atoms with Gasteiger partial charge in [0, 0.05) is 13.1 Å². The zero-order chi connectivity index (χ0) is 16.4. The number of carbonyl (C=O) groups is 1. The second-order valence-corrected chi connectivity index (χ2v) is 7.53. The minimum Gasteiger partial charge on any atom is -0.378 e. The summed E-state index contributed by atoms with van der Waals surface area (Å²) in [6.07, 6.45) is 7.42. The first-order valence-electron chi connectivity index (χ1n) is 9.51. The van der Waals surface area contributed by atoms with Gasteiger partial charge in [-0.3, -0.25) is 9.69 Å². The van der Waals surface area contributed by atoms with Crippen LogP contribution in [0.1, 0.15) is 49.3 Å². The summed E-state index contributed by atoms with van der Waals surface area (Å²) < 4.78 is 5.63. The van der Waals surface area contributed by atoms with E-state index in [2.05, 4.69) is 34.5 Å². The molecule has 1 saturated carbocycles. The quantitative estimate of drug-likeness (QED) is 0.924. The van der Waals surface area contributed by atoms with Crippen molar-refractivity contribution in [3.8, 4) is 0 Å². The van der Waals surface area contributed by atoms with E-state index in [-0.39, 0.29) is 18.0 Å². The number of benzene rings is 1. The van der Waals surface area contributed by atoms with Gasteiger partial charge in [-0.05, 0) is 42.7 Å². The number of fused-ring (bicyclic) bond motifs is 1. The number of nitrogens with zero attached hydrogens (tertiary/aromatic N) is 1. The Hall–Kier alpha value is -1.39. The summed E-state index contributed by atoms with van der Waals surface area (Å²) in [6, 6.07) is 8.54. The van der Waals surface area contributed by atoms with Crippen molar-refractivity contribution in [1.82, 2.24) is 10.2 Å². The summed E-state index contributed by atoms with van der Waals surface area (Å²) >= 11 is 0. The highest BCUT2D eigenvalue weighted by Crippen LogP contribution is 2.31. The molecule has 1 heterocycles. The van der Waals surface area contributed by atoms with Crippen LogP contribution >= 0.6 is 0 Å². The maximum Gasteiger partial charge on any atom is 0.240 e. The molecule has 0 bridgehead atoms. The predicted molar refractivity (Wildman–Crippen MR) is 93.8 cm³/mol. The molecule has 1 aromatic rings. The lowest BCUT2D eigenvalue weighted by atomic mass is 10.0. The first-order chi connectivity index (χ1) is 11.8. The molecular formula is C20H28N2O2. The van der Waals surface area contributed by atoms with E-state index < -0.39 is 0 Å². The van der Waals surface area contributed by atoms with Crippen molar-refractivity contribution in [3.05, 3.63) is 35.4 Å². The summed E-state index contributed by atoms with van der Waals surface area (Å²) in [5.41, 5.74) is 2.68. The minimum absolute atomic E-state index is 0.118. The first kappa shape index (κ1) is 16.1. The van der Waals surface area contributed by atoms with Crippen LogP contribution in [0.2, 0.25) is 0 Å². The number of aryl methyl sites for hydroxylation is 1. The Morgan fingerprint density at radius 1 is 1.21 bits per heavy atom. The maximum absolute atomic E-state index is 12.9. The fraction of sp³-hybridized carbons (Fsp3) is 0.650. The van der Waals surface area contributed by atoms with E-state index in [0.717, 1.165) is 38.5 Å². The van der Waals surface area contributed by atoms with Gasteiger partial charge in [0.15, 0.2) is 0 Å². The monoisotopic (exact) mass is 328 g/mol. The zero-order valence-corrected chi connectivity index (χ0v) is 14.4. The average Bonchev–Trinajstić information content (AvgIpc) is 3.26. The van der Waals surface area contributed by atoms with Gasteiger partial charge in [0.05, 0.1) is 19.3 Å². The van der Waals surface area contributed by atoms with Gasteiger partial charge >= 0.3 is 0 Å². The van der Waals surface area contributed by atoms with Gasteiger partial charge in [0.2, 0.25) is 5.91 Å². The third-order valence-electron chi connectivity index (χ3n) is 5.96. The molecule has 4 nitrogen and oxygen atoms in total. The molecule has 1 aliphatic heterocycles. The highest BCUT2D eigenvalue weighted by atomic mass is 16.5. The average molecular weight is 328 g/mol. The minimum atomic E-state index is -0.118. The number of hydrogen-bond donors (Lipinski definition) is 1. The van der Waals surface area contributed by atoms with Gasteiger partial charge in [0.1, 0.15) is 6.04 Å². The van der Waals surface area contributed by atoms with E-state index in [4.69, 9.17) is 4.74 Å². The number of carbonyl (C=O) groups excluding carboxylic acids is 1. The van der Waals surface area contributed by atoms with Crippen molar-refractivity contribution in [2.45, 2.75) is 50.6 Å². The smallest absolute Gasteiger partial charge is 0.240 e. The lowest BCUT2D eigenvalue weighted by Crippen LogP contribution is -2.55. The van der Waals surface area contributed by atoms with Crippen molar-refractivity contribution in [1.29, 1.82) is 0 Å². The van der Waals surface area contributed by atoms with Gasteiger partial charge in [-0.2, -0.15) is 0 Å². The van der Waals surface area contributed by atoms with Crippen molar-refractivity contribution in [2.75, 3.05) is 26.3 Å². The molecule has 2 atom stereocenters. The second-order valence-electron chi connectivity index (χ2n) is 7.53. The molecule has 1 aromatic carbocycles. The van der Waals surface area contributed by atoms with Crippen LogP contribution in [0.3, 0.4) is 0 Å². The molecule has 4 heteroatoms. The van der Waals surface area contributed by atoms with E-state index in [9.17, 15) is 4.79 Å². The number of morpholine rings is 1. The van der Waals surface area contributed by atoms with E-state index in [1.54, 1.807) is 0 Å². The van der Waals surface area contributed by atoms with Gasteiger partial charge in [-0.1, -0.05) is 37.1 Å². The van der Waals surface area contributed by atoms with Crippen LogP contribution in [0.25, 0.3) is 0 Å². The van der Waals surface area contributed by atoms with Gasteiger partial charge in [-0.25, -0.2) is 0 Å². The highest BCUT2D eigenvalue weighted by molar-refractivity contribution is 5.82. The second kappa shape index (κ2) is 7.24. The summed E-state index contributed by atoms with van der Waals surface area (Å²) in [7, 11) is 0. The highest BCUT2D eigenvalue weighted by Gasteiger charge is 2.33. The number of rotatable bonds is 4. The van der Waals surface area contributed by atoms with Crippen molar-refractivity contribution in [2.24, 2.45) is 5.92 Å². The molecule has 0 spiro atoms. The standard InChI is InChI=1S/C20H28N2O2/c23-20(21-18-10-9-16-7-3-4-8-17(16)18)19-14-24-12-11-22(19)13-15-5-1-2-6-15/h3-4,7-8,15,18-19H,1-2,5-6,9-14H2,(H,21,23)/t18-,19-/m1/s1. The summed E-state index contributed by atoms with van der Waals surface area (Å²) in [4.78, 5) is 15.3. The topological polar surface area (TPSA) is 41.6 Å². The molecule has 3 aliphatic rings. The first-order valence-corrected chi connectivity index (χ1v) is 9.51. The van der Waals surface area contributed by atoms with Gasteiger partial charge in [-0.15, -0.1) is 0 Å². The SMILES string of the molecule is O=C(N[C@@H]1CCc2ccccc21)[C@H]1COCCN1CC1CCCC1. The Labute approximate surface area is 144 Å². The largest absolute Gasteiger partial charge is 0.378 e. The van der Waals surface area contributed by atoms with E-state index in [1.165, 1.54) is 36.8 Å². The molecule has 1 saturated heterocycles. The van der Waals surface area contributed by atoms with Crippen LogP contribution in [0.5, 0.6) is 0 Å². The Bertz CT molecular complexity index is 583. The van der Waals surface area contributed by atoms with Gasteiger partial charge in [0.25, 0.3) is 0 Å². The van der Waals surface area contributed by atoms with E-state index >= 15 is 0 Å². The van der Waals surface area contributed by atoms with Gasteiger partial charge < -0.3 is 10.1 Å². The molecular weight excluding hydrogens is 300 g/mol. The molecule has 2 fully saturated rings. The Morgan fingerprint density at radius 2 is 2.04 bits per heavy atom. The van der Waals surface area contributed by atoms with Crippen LogP contribution in [0, 0.1) is 5.92 Å². The Morgan fingerprint density at radius 3 is 2.92 bits per heavy atom. The molecule has 130 valence electrons. The van der Waals surface area contributed by atoms with Crippen LogP contribution in [0.15, 0.2) is 24.3 Å². The molecule has 4 rings (SSSR count). The molecule has 0 unspecified atom stereocenters. The zero-order valence-electron chi connectivity index (χ0n) is 14.4. The molecule has 1 amide bonds. The summed E-state index contributed by atoms with van der Waals surface area (Å²) in [6.45, 7) is 3.23. The summed E-state index contributed by atoms with van der Waals surface area (Å²) in [5.74, 6) is 0.917. The van der Waals surface area contributed by atoms with Crippen LogP contribution in [0.4, 0.5) is 0 Å². The van der Waals surface area contributed by atoms with Crippen molar-refractivity contribution in [3.63, 3.8) is 0 Å². The van der Waals surface area contributed by atoms with E-state index in [1.807, 2.05) is 0 Å². The number of ether oxygens (including phenoxy) is 1. The van der Waals surface area contributed by atoms with Crippen LogP contribution < -0.4 is 5.32 Å². The number of hydrogen-bond acceptors (Lipinski definition) is 3. The Balaban J connectivity index is 1.40. The van der Waals surface area contributed by atoms with Crippen LogP contribution in [-0.2, 0) is 16.0 Å². The lowest BCUT2D eigenvalue weighted by Gasteiger charge is -2.36. The normalized spacial score (nSPS) is 28.0. The van der Waals surface area contributed by atoms with Crippen molar-refractivity contribution >= 4 is 5.91 Å². The lowest BCUT2D eigenvalue weighted by molar-refractivity contribution is -0.133. The van der Waals surface area contributed by atoms with E-state index in [0.29, 0.717) is 6.61 Å². The molecule has 1 N–H and O–H groups in total. The summed E-state index contributed by atoms with van der Waals surface area (Å²) in [5, 5.41) is 3.30. The molecule has 2 aliphatic carbocycles. The third kappa shape index (κ3) is 3.35. The number of nitrogens with one attached hydrogen (secondary N) is 1. The fourth-order valence-electron chi connectivity index (χ4n) is 4.60. The van der Waals surface area contributed by atoms with Crippen molar-refractivity contribution < 1.29 is 9.53 Å². The number of amides is 1. The molecule has 0 aromatic heterocycles. The van der Waals surface area contributed by atoms with Crippen LogP contribution in [-0.4, -0.2) is 43.2 Å². The maximum atomic E-state index is 12.9. The molecule has 0 radical (unpaired) electrons. The predicted octanol–water partition coefficient (Wildman–Crippen LogP) is 2.68. The third-order valence-corrected chi connectivity index (χ3v) is 5.96.